The molecular formula is C14H22N4O3S. The fraction of sp³-hybridized carbons (Fsp3) is 0.714. The minimum atomic E-state index is -3.28. The number of hydrogen-bond acceptors (Lipinski definition) is 6. The van der Waals surface area contributed by atoms with E-state index in [1.165, 1.54) is 0 Å². The molecule has 0 amide bonds. The van der Waals surface area contributed by atoms with Crippen molar-refractivity contribution in [2.45, 2.75) is 25.0 Å². The molecule has 0 bridgehead atoms. The number of morpholine rings is 1. The second kappa shape index (κ2) is 6.47. The number of anilines is 1. The van der Waals surface area contributed by atoms with Crippen molar-refractivity contribution in [3.8, 4) is 0 Å². The van der Waals surface area contributed by atoms with E-state index in [0.29, 0.717) is 45.2 Å². The van der Waals surface area contributed by atoms with Gasteiger partial charge in [-0.3, -0.25) is 0 Å². The maximum atomic E-state index is 12.8. The smallest absolute Gasteiger partial charge is 0.225 e. The maximum Gasteiger partial charge on any atom is 0.225 e. The zero-order valence-electron chi connectivity index (χ0n) is 12.8. The molecule has 22 heavy (non-hydrogen) atoms. The molecule has 0 saturated carbocycles. The van der Waals surface area contributed by atoms with Crippen molar-refractivity contribution >= 4 is 16.0 Å². The molecule has 2 fully saturated rings. The Morgan fingerprint density at radius 2 is 2.05 bits per heavy atom. The molecule has 0 unspecified atom stereocenters. The van der Waals surface area contributed by atoms with Gasteiger partial charge in [-0.05, 0) is 25.8 Å². The number of aryl methyl sites for hydroxylation is 1. The third-order valence-electron chi connectivity index (χ3n) is 4.19. The number of sulfonamides is 1. The Morgan fingerprint density at radius 1 is 1.27 bits per heavy atom. The van der Waals surface area contributed by atoms with E-state index >= 15 is 0 Å². The van der Waals surface area contributed by atoms with Crippen molar-refractivity contribution < 1.29 is 13.2 Å². The zero-order chi connectivity index (χ0) is 15.6. The summed E-state index contributed by atoms with van der Waals surface area (Å²) < 4.78 is 32.4. The van der Waals surface area contributed by atoms with Gasteiger partial charge in [0.25, 0.3) is 0 Å². The van der Waals surface area contributed by atoms with E-state index < -0.39 is 10.0 Å². The van der Waals surface area contributed by atoms with Crippen LogP contribution in [0.5, 0.6) is 0 Å². The second-order valence-electron chi connectivity index (χ2n) is 5.76. The Hall–Kier alpha value is -1.25. The Morgan fingerprint density at radius 3 is 2.77 bits per heavy atom. The maximum absolute atomic E-state index is 12.8. The number of aromatic nitrogens is 2. The average Bonchev–Trinajstić information content (AvgIpc) is 2.56. The van der Waals surface area contributed by atoms with Crippen molar-refractivity contribution in [3.63, 3.8) is 0 Å². The molecule has 122 valence electrons. The lowest BCUT2D eigenvalue weighted by molar-refractivity contribution is 0.0725. The fourth-order valence-corrected chi connectivity index (χ4v) is 4.88. The predicted molar refractivity (Wildman–Crippen MR) is 83.3 cm³/mol. The summed E-state index contributed by atoms with van der Waals surface area (Å²) >= 11 is 0. The fourth-order valence-electron chi connectivity index (χ4n) is 2.96. The normalized spacial score (nSPS) is 24.4. The van der Waals surface area contributed by atoms with Crippen molar-refractivity contribution in [1.29, 1.82) is 0 Å². The molecule has 0 spiro atoms. The van der Waals surface area contributed by atoms with Gasteiger partial charge in [-0.2, -0.15) is 4.31 Å². The van der Waals surface area contributed by atoms with Gasteiger partial charge in [0, 0.05) is 38.1 Å². The van der Waals surface area contributed by atoms with E-state index in [4.69, 9.17) is 4.74 Å². The van der Waals surface area contributed by atoms with Gasteiger partial charge in [0.2, 0.25) is 16.0 Å². The van der Waals surface area contributed by atoms with Gasteiger partial charge in [0.1, 0.15) is 0 Å². The van der Waals surface area contributed by atoms with E-state index in [1.54, 1.807) is 10.5 Å². The van der Waals surface area contributed by atoms with Gasteiger partial charge in [0.15, 0.2) is 0 Å². The van der Waals surface area contributed by atoms with Crippen LogP contribution < -0.4 is 4.90 Å². The van der Waals surface area contributed by atoms with Crippen molar-refractivity contribution in [2.24, 2.45) is 0 Å². The molecule has 0 radical (unpaired) electrons. The highest BCUT2D eigenvalue weighted by Crippen LogP contribution is 2.23. The monoisotopic (exact) mass is 326 g/mol. The summed E-state index contributed by atoms with van der Waals surface area (Å²) in [5, 5.41) is -0.386. The molecule has 0 aliphatic carbocycles. The summed E-state index contributed by atoms with van der Waals surface area (Å²) in [4.78, 5) is 10.7. The SMILES string of the molecule is Cc1ccnc(N2CCC[C@@H](S(=O)(=O)N3CCOCC3)C2)n1. The zero-order valence-corrected chi connectivity index (χ0v) is 13.6. The first kappa shape index (κ1) is 15.6. The van der Waals surface area contributed by atoms with E-state index in [9.17, 15) is 8.42 Å². The van der Waals surface area contributed by atoms with Crippen LogP contribution in [0.3, 0.4) is 0 Å². The molecule has 8 heteroatoms. The highest BCUT2D eigenvalue weighted by molar-refractivity contribution is 7.89. The van der Waals surface area contributed by atoms with E-state index in [2.05, 4.69) is 9.97 Å². The minimum absolute atomic E-state index is 0.386. The molecule has 2 saturated heterocycles. The van der Waals surface area contributed by atoms with Crippen molar-refractivity contribution in [3.05, 3.63) is 18.0 Å². The molecule has 7 nitrogen and oxygen atoms in total. The molecule has 0 N–H and O–H groups in total. The number of piperidine rings is 1. The number of nitrogens with zero attached hydrogens (tertiary/aromatic N) is 4. The third kappa shape index (κ3) is 3.23. The highest BCUT2D eigenvalue weighted by atomic mass is 32.2. The van der Waals surface area contributed by atoms with E-state index in [-0.39, 0.29) is 5.25 Å². The van der Waals surface area contributed by atoms with Crippen LogP contribution in [0, 0.1) is 6.92 Å². The Bertz CT molecular complexity index is 616. The summed E-state index contributed by atoms with van der Waals surface area (Å²) in [6.07, 6.45) is 3.26. The quantitative estimate of drug-likeness (QED) is 0.801. The van der Waals surface area contributed by atoms with Gasteiger partial charge in [-0.25, -0.2) is 18.4 Å². The van der Waals surface area contributed by atoms with Crippen molar-refractivity contribution in [2.75, 3.05) is 44.3 Å². The molecule has 1 aromatic heterocycles. The largest absolute Gasteiger partial charge is 0.379 e. The van der Waals surface area contributed by atoms with Gasteiger partial charge in [-0.1, -0.05) is 0 Å². The molecule has 3 heterocycles. The summed E-state index contributed by atoms with van der Waals surface area (Å²) in [7, 11) is -3.28. The molecule has 2 aliphatic heterocycles. The van der Waals surface area contributed by atoms with Crippen LogP contribution in [0.1, 0.15) is 18.5 Å². The summed E-state index contributed by atoms with van der Waals surface area (Å²) in [6, 6.07) is 1.84. The van der Waals surface area contributed by atoms with Crippen LogP contribution in [0.25, 0.3) is 0 Å². The summed E-state index contributed by atoms with van der Waals surface area (Å²) in [6.45, 7) is 5.06. The molecular weight excluding hydrogens is 304 g/mol. The lowest BCUT2D eigenvalue weighted by Gasteiger charge is -2.36. The van der Waals surface area contributed by atoms with Gasteiger partial charge in [-0.15, -0.1) is 0 Å². The van der Waals surface area contributed by atoms with E-state index in [0.717, 1.165) is 18.7 Å². The Kier molecular flexibility index (Phi) is 4.60. The lowest BCUT2D eigenvalue weighted by Crippen LogP contribution is -2.51. The molecule has 3 rings (SSSR count). The van der Waals surface area contributed by atoms with Gasteiger partial charge in [0.05, 0.1) is 18.5 Å². The Labute approximate surface area is 131 Å². The van der Waals surface area contributed by atoms with Crippen LogP contribution in [0.2, 0.25) is 0 Å². The highest BCUT2D eigenvalue weighted by Gasteiger charge is 2.36. The van der Waals surface area contributed by atoms with E-state index in [1.807, 2.05) is 17.9 Å². The molecule has 0 aromatic carbocycles. The van der Waals surface area contributed by atoms with Crippen LogP contribution in [0.15, 0.2) is 12.3 Å². The second-order valence-corrected chi connectivity index (χ2v) is 7.98. The number of hydrogen-bond donors (Lipinski definition) is 0. The van der Waals surface area contributed by atoms with Gasteiger partial charge >= 0.3 is 0 Å². The predicted octanol–water partition coefficient (Wildman–Crippen LogP) is 0.416. The lowest BCUT2D eigenvalue weighted by atomic mass is 10.1. The molecule has 2 aliphatic rings. The minimum Gasteiger partial charge on any atom is -0.379 e. The van der Waals surface area contributed by atoms with Crippen LogP contribution in [0.4, 0.5) is 5.95 Å². The number of ether oxygens (including phenoxy) is 1. The van der Waals surface area contributed by atoms with Crippen molar-refractivity contribution in [1.82, 2.24) is 14.3 Å². The molecule has 1 aromatic rings. The van der Waals surface area contributed by atoms with Gasteiger partial charge < -0.3 is 9.64 Å². The average molecular weight is 326 g/mol. The third-order valence-corrected chi connectivity index (χ3v) is 6.51. The molecule has 1 atom stereocenters. The first-order chi connectivity index (χ1) is 10.6. The summed E-state index contributed by atoms with van der Waals surface area (Å²) in [5.74, 6) is 0.627. The Balaban J connectivity index is 1.75. The van der Waals surface area contributed by atoms with Crippen LogP contribution >= 0.6 is 0 Å². The first-order valence-corrected chi connectivity index (χ1v) is 9.19. The standard InChI is InChI=1S/C14H22N4O3S/c1-12-4-5-15-14(16-12)17-6-2-3-13(11-17)22(19,20)18-7-9-21-10-8-18/h4-5,13H,2-3,6-11H2,1H3/t13-/m1/s1. The summed E-state index contributed by atoms with van der Waals surface area (Å²) in [5.41, 5.74) is 0.892. The van der Waals surface area contributed by atoms with Crippen LogP contribution in [-0.2, 0) is 14.8 Å². The topological polar surface area (TPSA) is 75.6 Å². The van der Waals surface area contributed by atoms with Crippen LogP contribution in [-0.4, -0.2) is 67.3 Å². The first-order valence-electron chi connectivity index (χ1n) is 7.69. The number of rotatable bonds is 3.